The van der Waals surface area contributed by atoms with Crippen molar-refractivity contribution in [1.82, 2.24) is 4.90 Å². The summed E-state index contributed by atoms with van der Waals surface area (Å²) in [6, 6.07) is 14.2. The molecule has 4 heteroatoms. The summed E-state index contributed by atoms with van der Waals surface area (Å²) in [5.74, 6) is 2.17. The number of hydrogen-bond acceptors (Lipinski definition) is 2. The van der Waals surface area contributed by atoms with E-state index in [9.17, 15) is 9.18 Å². The minimum atomic E-state index is -0.329. The molecule has 1 N–H and O–H groups in total. The van der Waals surface area contributed by atoms with E-state index in [4.69, 9.17) is 6.42 Å². The van der Waals surface area contributed by atoms with Crippen LogP contribution in [-0.2, 0) is 11.2 Å². The van der Waals surface area contributed by atoms with Gasteiger partial charge in [0.2, 0.25) is 5.91 Å². The summed E-state index contributed by atoms with van der Waals surface area (Å²) >= 11 is 0. The van der Waals surface area contributed by atoms with Crippen LogP contribution in [0.2, 0.25) is 0 Å². The minimum Gasteiger partial charge on any atom is -0.325 e. The molecule has 24 heavy (non-hydrogen) atoms. The maximum Gasteiger partial charge on any atom is 0.238 e. The molecule has 0 bridgehead atoms. The van der Waals surface area contributed by atoms with Gasteiger partial charge in [-0.25, -0.2) is 4.39 Å². The van der Waals surface area contributed by atoms with E-state index < -0.39 is 0 Å². The van der Waals surface area contributed by atoms with E-state index in [0.29, 0.717) is 12.2 Å². The van der Waals surface area contributed by atoms with Gasteiger partial charge < -0.3 is 5.32 Å². The van der Waals surface area contributed by atoms with E-state index in [1.807, 2.05) is 17.0 Å². The Morgan fingerprint density at radius 2 is 2.00 bits per heavy atom. The molecular weight excluding hydrogens is 303 g/mol. The van der Waals surface area contributed by atoms with E-state index in [-0.39, 0.29) is 24.3 Å². The first-order valence-electron chi connectivity index (χ1n) is 7.98. The van der Waals surface area contributed by atoms with Crippen molar-refractivity contribution in [1.29, 1.82) is 0 Å². The molecule has 1 atom stereocenters. The molecule has 0 fully saturated rings. The molecule has 0 heterocycles. The molecule has 1 aliphatic rings. The Kier molecular flexibility index (Phi) is 4.93. The average molecular weight is 322 g/mol. The summed E-state index contributed by atoms with van der Waals surface area (Å²) in [5.41, 5.74) is 3.15. The van der Waals surface area contributed by atoms with Gasteiger partial charge in [0.1, 0.15) is 5.82 Å². The summed E-state index contributed by atoms with van der Waals surface area (Å²) < 4.78 is 12.9. The van der Waals surface area contributed by atoms with Crippen molar-refractivity contribution in [3.05, 3.63) is 65.5 Å². The third kappa shape index (κ3) is 3.64. The fourth-order valence-corrected chi connectivity index (χ4v) is 3.23. The number of rotatable bonds is 5. The van der Waals surface area contributed by atoms with E-state index in [0.717, 1.165) is 12.8 Å². The molecule has 0 saturated carbocycles. The van der Waals surface area contributed by atoms with E-state index in [2.05, 4.69) is 23.4 Å². The fraction of sp³-hybridized carbons (Fsp3) is 0.250. The van der Waals surface area contributed by atoms with Gasteiger partial charge in [0.05, 0.1) is 13.1 Å². The van der Waals surface area contributed by atoms with Gasteiger partial charge in [0.25, 0.3) is 0 Å². The zero-order valence-corrected chi connectivity index (χ0v) is 13.3. The van der Waals surface area contributed by atoms with Crippen LogP contribution in [0.4, 0.5) is 10.1 Å². The highest BCUT2D eigenvalue weighted by Crippen LogP contribution is 2.35. The number of fused-ring (bicyclic) bond motifs is 1. The van der Waals surface area contributed by atoms with Gasteiger partial charge in [-0.1, -0.05) is 30.2 Å². The summed E-state index contributed by atoms with van der Waals surface area (Å²) in [5, 5.41) is 2.79. The highest BCUT2D eigenvalue weighted by atomic mass is 19.1. The Morgan fingerprint density at radius 1 is 1.25 bits per heavy atom. The van der Waals surface area contributed by atoms with Crippen LogP contribution in [0, 0.1) is 18.2 Å². The van der Waals surface area contributed by atoms with Crippen LogP contribution in [0.5, 0.6) is 0 Å². The maximum absolute atomic E-state index is 12.9. The molecule has 2 aromatic rings. The van der Waals surface area contributed by atoms with Crippen molar-refractivity contribution >= 4 is 11.6 Å². The molecular formula is C20H19FN2O. The lowest BCUT2D eigenvalue weighted by Crippen LogP contribution is -2.36. The second kappa shape index (κ2) is 7.29. The number of terminal acetylenes is 1. The maximum atomic E-state index is 12.9. The first kappa shape index (κ1) is 16.2. The molecule has 122 valence electrons. The Labute approximate surface area is 141 Å². The third-order valence-corrected chi connectivity index (χ3v) is 4.31. The molecule has 1 amide bonds. The van der Waals surface area contributed by atoms with Crippen LogP contribution in [0.3, 0.4) is 0 Å². The number of anilines is 1. The lowest BCUT2D eigenvalue weighted by atomic mass is 10.1. The van der Waals surface area contributed by atoms with Gasteiger partial charge >= 0.3 is 0 Å². The number of aryl methyl sites for hydroxylation is 1. The Hall–Kier alpha value is -2.64. The van der Waals surface area contributed by atoms with Crippen LogP contribution in [0.1, 0.15) is 23.6 Å². The number of nitrogens with one attached hydrogen (secondary N) is 1. The third-order valence-electron chi connectivity index (χ3n) is 4.31. The summed E-state index contributed by atoms with van der Waals surface area (Å²) in [6.45, 7) is 0.621. The number of carbonyl (C=O) groups is 1. The lowest BCUT2D eigenvalue weighted by molar-refractivity contribution is -0.117. The molecule has 3 nitrogen and oxygen atoms in total. The van der Waals surface area contributed by atoms with Crippen molar-refractivity contribution in [3.8, 4) is 12.3 Å². The van der Waals surface area contributed by atoms with Gasteiger partial charge in [-0.3, -0.25) is 9.69 Å². The van der Waals surface area contributed by atoms with Crippen molar-refractivity contribution in [3.63, 3.8) is 0 Å². The fourth-order valence-electron chi connectivity index (χ4n) is 3.23. The number of hydrogen-bond donors (Lipinski definition) is 1. The van der Waals surface area contributed by atoms with Crippen LogP contribution in [0.15, 0.2) is 48.5 Å². The number of nitrogens with zero attached hydrogens (tertiary/aromatic N) is 1. The smallest absolute Gasteiger partial charge is 0.238 e. The molecule has 0 aliphatic heterocycles. The average Bonchev–Trinajstić information content (AvgIpc) is 3.00. The van der Waals surface area contributed by atoms with Crippen LogP contribution < -0.4 is 5.32 Å². The van der Waals surface area contributed by atoms with Gasteiger partial charge in [-0.15, -0.1) is 6.42 Å². The highest BCUT2D eigenvalue weighted by molar-refractivity contribution is 5.92. The van der Waals surface area contributed by atoms with Crippen LogP contribution in [0.25, 0.3) is 0 Å². The van der Waals surface area contributed by atoms with E-state index >= 15 is 0 Å². The first-order chi connectivity index (χ1) is 11.7. The van der Waals surface area contributed by atoms with Crippen molar-refractivity contribution in [2.24, 2.45) is 0 Å². The molecule has 1 aliphatic carbocycles. The molecule has 0 spiro atoms. The Morgan fingerprint density at radius 3 is 2.75 bits per heavy atom. The number of benzene rings is 2. The lowest BCUT2D eigenvalue weighted by Gasteiger charge is -2.27. The number of amides is 1. The molecule has 3 rings (SSSR count). The van der Waals surface area contributed by atoms with Crippen LogP contribution >= 0.6 is 0 Å². The van der Waals surface area contributed by atoms with Gasteiger partial charge in [-0.05, 0) is 48.2 Å². The number of carbonyl (C=O) groups excluding carboxylic acids is 1. The summed E-state index contributed by atoms with van der Waals surface area (Å²) in [6.07, 6.45) is 7.46. The van der Waals surface area contributed by atoms with Gasteiger partial charge in [0, 0.05) is 11.7 Å². The Balaban J connectivity index is 1.69. The number of halogens is 1. The largest absolute Gasteiger partial charge is 0.325 e. The molecule has 0 saturated heterocycles. The van der Waals surface area contributed by atoms with Crippen molar-refractivity contribution in [2.45, 2.75) is 18.9 Å². The molecule has 0 unspecified atom stereocenters. The predicted molar refractivity (Wildman–Crippen MR) is 92.9 cm³/mol. The zero-order valence-electron chi connectivity index (χ0n) is 13.3. The highest BCUT2D eigenvalue weighted by Gasteiger charge is 2.28. The minimum absolute atomic E-state index is 0.152. The second-order valence-electron chi connectivity index (χ2n) is 5.92. The topological polar surface area (TPSA) is 32.3 Å². The Bertz CT molecular complexity index is 764. The first-order valence-corrected chi connectivity index (χ1v) is 7.98. The standard InChI is InChI=1S/C20H19FN2O/c1-2-13-23(19-12-7-15-5-3-4-6-18(15)19)14-20(24)22-17-10-8-16(21)9-11-17/h1,3-6,8-11,19H,7,12-14H2,(H,22,24)/t19-/m0/s1. The SMILES string of the molecule is C#CCN(CC(=O)Nc1ccc(F)cc1)[C@H]1CCc2ccccc21. The molecule has 2 aromatic carbocycles. The normalized spacial score (nSPS) is 15.8. The van der Waals surface area contributed by atoms with Gasteiger partial charge in [0.15, 0.2) is 0 Å². The zero-order chi connectivity index (χ0) is 16.9. The van der Waals surface area contributed by atoms with Crippen LogP contribution in [-0.4, -0.2) is 23.9 Å². The second-order valence-corrected chi connectivity index (χ2v) is 5.92. The summed E-state index contributed by atoms with van der Waals surface area (Å²) in [7, 11) is 0. The van der Waals surface area contributed by atoms with Crippen molar-refractivity contribution in [2.75, 3.05) is 18.4 Å². The van der Waals surface area contributed by atoms with E-state index in [1.54, 1.807) is 12.1 Å². The van der Waals surface area contributed by atoms with E-state index in [1.165, 1.54) is 23.3 Å². The predicted octanol–water partition coefficient (Wildman–Crippen LogP) is 3.39. The quantitative estimate of drug-likeness (QED) is 0.856. The monoisotopic (exact) mass is 322 g/mol. The molecule has 0 aromatic heterocycles. The van der Waals surface area contributed by atoms with Crippen molar-refractivity contribution < 1.29 is 9.18 Å². The van der Waals surface area contributed by atoms with Gasteiger partial charge in [-0.2, -0.15) is 0 Å². The summed E-state index contributed by atoms with van der Waals surface area (Å²) in [4.78, 5) is 14.4. The molecule has 0 radical (unpaired) electrons.